The molecule has 0 aliphatic carbocycles. The summed E-state index contributed by atoms with van der Waals surface area (Å²) >= 11 is 0. The predicted molar refractivity (Wildman–Crippen MR) is 127 cm³/mol. The van der Waals surface area contributed by atoms with E-state index < -0.39 is 29.7 Å². The van der Waals surface area contributed by atoms with Crippen LogP contribution in [0, 0.1) is 0 Å². The molecule has 3 rings (SSSR count). The lowest BCUT2D eigenvalue weighted by Crippen LogP contribution is -2.41. The first-order chi connectivity index (χ1) is 16.2. The molecule has 0 bridgehead atoms. The normalized spacial score (nSPS) is 14.6. The number of esters is 1. The number of carbonyl (C=O) groups excluding carboxylic acids is 4. The number of nitrogens with one attached hydrogen (secondary N) is 3. The van der Waals surface area contributed by atoms with E-state index in [1.165, 1.54) is 19.2 Å². The summed E-state index contributed by atoms with van der Waals surface area (Å²) in [6, 6.07) is 9.21. The second-order valence-electron chi connectivity index (χ2n) is 7.71. The third-order valence-corrected chi connectivity index (χ3v) is 5.11. The average Bonchev–Trinajstić information content (AvgIpc) is 2.93. The summed E-state index contributed by atoms with van der Waals surface area (Å²) in [7, 11) is 5.03. The highest BCUT2D eigenvalue weighted by molar-refractivity contribution is 6.11. The van der Waals surface area contributed by atoms with Crippen molar-refractivity contribution in [1.82, 2.24) is 5.32 Å². The van der Waals surface area contributed by atoms with Crippen LogP contribution in [0.5, 0.6) is 11.5 Å². The summed E-state index contributed by atoms with van der Waals surface area (Å²) in [5.74, 6) is -1.33. The first kappa shape index (κ1) is 24.3. The van der Waals surface area contributed by atoms with Gasteiger partial charge in [-0.25, -0.2) is 0 Å². The van der Waals surface area contributed by atoms with Gasteiger partial charge in [0, 0.05) is 32.3 Å². The van der Waals surface area contributed by atoms with Crippen LogP contribution in [0.3, 0.4) is 0 Å². The van der Waals surface area contributed by atoms with Crippen LogP contribution in [0.15, 0.2) is 49.1 Å². The molecule has 0 saturated carbocycles. The second-order valence-corrected chi connectivity index (χ2v) is 7.71. The zero-order valence-corrected chi connectivity index (χ0v) is 19.1. The molecule has 0 radical (unpaired) electrons. The number of amides is 3. The van der Waals surface area contributed by atoms with Gasteiger partial charge in [-0.1, -0.05) is 12.6 Å². The van der Waals surface area contributed by atoms with Crippen LogP contribution in [0.1, 0.15) is 23.2 Å². The summed E-state index contributed by atoms with van der Waals surface area (Å²) < 4.78 is 10.6. The smallest absolute Gasteiger partial charge is 0.305 e. The highest BCUT2D eigenvalue weighted by Crippen LogP contribution is 2.36. The van der Waals surface area contributed by atoms with Crippen LogP contribution in [0.4, 0.5) is 17.1 Å². The molecule has 0 fully saturated rings. The zero-order chi connectivity index (χ0) is 24.8. The Bertz CT molecular complexity index is 1140. The van der Waals surface area contributed by atoms with Crippen molar-refractivity contribution in [2.24, 2.45) is 0 Å². The van der Waals surface area contributed by atoms with Crippen molar-refractivity contribution >= 4 is 40.8 Å². The maximum Gasteiger partial charge on any atom is 0.305 e. The Kier molecular flexibility index (Phi) is 7.52. The monoisotopic (exact) mass is 466 g/mol. The van der Waals surface area contributed by atoms with E-state index in [4.69, 9.17) is 4.74 Å². The van der Waals surface area contributed by atoms with Gasteiger partial charge in [0.15, 0.2) is 5.75 Å². The second kappa shape index (κ2) is 10.5. The van der Waals surface area contributed by atoms with Crippen LogP contribution < -0.4 is 25.6 Å². The minimum Gasteiger partial charge on any atom is -0.469 e. The zero-order valence-electron chi connectivity index (χ0n) is 19.1. The molecule has 0 spiro atoms. The van der Waals surface area contributed by atoms with E-state index in [2.05, 4.69) is 27.3 Å². The first-order valence-corrected chi connectivity index (χ1v) is 10.5. The predicted octanol–water partition coefficient (Wildman–Crippen LogP) is 2.67. The Morgan fingerprint density at radius 3 is 2.65 bits per heavy atom. The van der Waals surface area contributed by atoms with Crippen LogP contribution in [0.25, 0.3) is 0 Å². The Morgan fingerprint density at radius 2 is 1.97 bits per heavy atom. The van der Waals surface area contributed by atoms with Gasteiger partial charge in [-0.2, -0.15) is 0 Å². The summed E-state index contributed by atoms with van der Waals surface area (Å²) in [5.41, 5.74) is 1.46. The molecule has 2 aromatic carbocycles. The molecule has 0 aromatic heterocycles. The van der Waals surface area contributed by atoms with E-state index in [-0.39, 0.29) is 35.5 Å². The molecular weight excluding hydrogens is 440 g/mol. The van der Waals surface area contributed by atoms with E-state index in [1.54, 1.807) is 12.1 Å². The molecule has 3 N–H and O–H groups in total. The van der Waals surface area contributed by atoms with Crippen molar-refractivity contribution < 1.29 is 28.7 Å². The van der Waals surface area contributed by atoms with Crippen molar-refractivity contribution in [3.63, 3.8) is 0 Å². The molecule has 0 saturated heterocycles. The molecule has 34 heavy (non-hydrogen) atoms. The molecule has 1 heterocycles. The fourth-order valence-electron chi connectivity index (χ4n) is 3.28. The highest BCUT2D eigenvalue weighted by Gasteiger charge is 2.30. The van der Waals surface area contributed by atoms with Gasteiger partial charge in [0.2, 0.25) is 11.8 Å². The van der Waals surface area contributed by atoms with Crippen LogP contribution >= 0.6 is 0 Å². The van der Waals surface area contributed by atoms with Crippen molar-refractivity contribution in [1.29, 1.82) is 0 Å². The minimum absolute atomic E-state index is 0.0393. The number of hydrogen-bond donors (Lipinski definition) is 3. The van der Waals surface area contributed by atoms with Crippen molar-refractivity contribution in [3.05, 3.63) is 54.6 Å². The van der Waals surface area contributed by atoms with Gasteiger partial charge in [-0.3, -0.25) is 19.2 Å². The Balaban J connectivity index is 1.97. The lowest BCUT2D eigenvalue weighted by Gasteiger charge is -2.17. The van der Waals surface area contributed by atoms with Crippen LogP contribution in [0.2, 0.25) is 0 Å². The Morgan fingerprint density at radius 1 is 1.21 bits per heavy atom. The molecule has 10 nitrogen and oxygen atoms in total. The highest BCUT2D eigenvalue weighted by atomic mass is 16.5. The number of anilines is 3. The fourth-order valence-corrected chi connectivity index (χ4v) is 3.28. The number of ether oxygens (including phenoxy) is 2. The van der Waals surface area contributed by atoms with E-state index in [0.29, 0.717) is 5.75 Å². The van der Waals surface area contributed by atoms with E-state index in [9.17, 15) is 19.2 Å². The van der Waals surface area contributed by atoms with Gasteiger partial charge in [-0.15, -0.1) is 0 Å². The SMILES string of the molecule is C=CC(=O)Nc1cc2c(cc1Oc1cccc(N(C)C)c1)C(=O)N[C@H](CCC(=O)OC)C(=O)N2. The molecule has 3 amide bonds. The Hall–Kier alpha value is -4.34. The number of carbonyl (C=O) groups is 4. The van der Waals surface area contributed by atoms with Gasteiger partial charge in [0.25, 0.3) is 5.91 Å². The van der Waals surface area contributed by atoms with Crippen molar-refractivity contribution in [2.75, 3.05) is 36.7 Å². The summed E-state index contributed by atoms with van der Waals surface area (Å²) in [6.07, 6.45) is 1.12. The van der Waals surface area contributed by atoms with Gasteiger partial charge in [0.1, 0.15) is 11.8 Å². The van der Waals surface area contributed by atoms with Gasteiger partial charge < -0.3 is 30.3 Å². The number of benzene rings is 2. The van der Waals surface area contributed by atoms with Gasteiger partial charge in [0.05, 0.1) is 24.0 Å². The van der Waals surface area contributed by atoms with Crippen molar-refractivity contribution in [2.45, 2.75) is 18.9 Å². The summed E-state index contributed by atoms with van der Waals surface area (Å²) in [6.45, 7) is 3.45. The Labute approximate surface area is 196 Å². The maximum atomic E-state index is 12.9. The lowest BCUT2D eigenvalue weighted by molar-refractivity contribution is -0.140. The minimum atomic E-state index is -0.939. The number of fused-ring (bicyclic) bond motifs is 1. The number of methoxy groups -OCH3 is 1. The average molecular weight is 466 g/mol. The fraction of sp³-hybridized carbons (Fsp3) is 0.250. The number of nitrogens with zero attached hydrogens (tertiary/aromatic N) is 1. The summed E-state index contributed by atoms with van der Waals surface area (Å²) in [5, 5.41) is 7.94. The van der Waals surface area contributed by atoms with E-state index in [0.717, 1.165) is 11.8 Å². The largest absolute Gasteiger partial charge is 0.469 e. The topological polar surface area (TPSA) is 126 Å². The number of rotatable bonds is 8. The van der Waals surface area contributed by atoms with E-state index >= 15 is 0 Å². The van der Waals surface area contributed by atoms with E-state index in [1.807, 2.05) is 31.1 Å². The van der Waals surface area contributed by atoms with Crippen LogP contribution in [-0.4, -0.2) is 50.9 Å². The maximum absolute atomic E-state index is 12.9. The first-order valence-electron chi connectivity index (χ1n) is 10.5. The molecule has 0 unspecified atom stereocenters. The molecule has 2 aromatic rings. The molecule has 1 aliphatic heterocycles. The third kappa shape index (κ3) is 5.71. The molecule has 10 heteroatoms. The van der Waals surface area contributed by atoms with Crippen LogP contribution in [-0.2, 0) is 19.1 Å². The standard InChI is InChI=1S/C24H26N4O6/c1-5-21(29)25-19-13-18-16(12-20(19)34-15-8-6-7-14(11-15)28(2)3)23(31)26-17(24(32)27-18)9-10-22(30)33-4/h5-8,11-13,17H,1,9-10H2,2-4H3,(H,25,29)(H,26,31)(H,27,32)/t17-/m1/s1. The molecule has 1 aliphatic rings. The van der Waals surface area contributed by atoms with Crippen molar-refractivity contribution in [3.8, 4) is 11.5 Å². The third-order valence-electron chi connectivity index (χ3n) is 5.11. The van der Waals surface area contributed by atoms with Gasteiger partial charge in [-0.05, 0) is 36.8 Å². The number of hydrogen-bond acceptors (Lipinski definition) is 7. The summed E-state index contributed by atoms with van der Waals surface area (Å²) in [4.78, 5) is 51.0. The molecule has 178 valence electrons. The molecule has 1 atom stereocenters. The van der Waals surface area contributed by atoms with Gasteiger partial charge >= 0.3 is 5.97 Å². The lowest BCUT2D eigenvalue weighted by atomic mass is 10.1. The molecular formula is C24H26N4O6. The quantitative estimate of drug-likeness (QED) is 0.403.